The number of rotatable bonds is 5. The van der Waals surface area contributed by atoms with Gasteiger partial charge in [0.2, 0.25) is 5.91 Å². The summed E-state index contributed by atoms with van der Waals surface area (Å²) >= 11 is 0. The first-order chi connectivity index (χ1) is 10.4. The number of hydrogen-bond donors (Lipinski definition) is 2. The summed E-state index contributed by atoms with van der Waals surface area (Å²) in [6.45, 7) is 6.41. The highest BCUT2D eigenvalue weighted by Gasteiger charge is 2.32. The van der Waals surface area contributed by atoms with E-state index in [2.05, 4.69) is 15.7 Å². The van der Waals surface area contributed by atoms with Crippen molar-refractivity contribution in [1.82, 2.24) is 15.1 Å². The molecule has 0 aliphatic carbocycles. The maximum absolute atomic E-state index is 12.2. The van der Waals surface area contributed by atoms with Crippen LogP contribution in [0.1, 0.15) is 40.0 Å². The fourth-order valence-corrected chi connectivity index (χ4v) is 2.40. The van der Waals surface area contributed by atoms with Crippen LogP contribution in [0.2, 0.25) is 0 Å². The van der Waals surface area contributed by atoms with E-state index in [0.717, 1.165) is 25.8 Å². The van der Waals surface area contributed by atoms with Crippen molar-refractivity contribution >= 4 is 30.0 Å². The molecule has 1 saturated heterocycles. The molecule has 1 fully saturated rings. The number of carbonyl (C=O) groups excluding carboxylic acids is 2. The molecule has 0 spiro atoms. The lowest BCUT2D eigenvalue weighted by Crippen LogP contribution is -2.43. The van der Waals surface area contributed by atoms with Crippen molar-refractivity contribution in [1.29, 1.82) is 0 Å². The predicted octanol–water partition coefficient (Wildman–Crippen LogP) is 1.68. The van der Waals surface area contributed by atoms with Crippen molar-refractivity contribution in [3.05, 3.63) is 12.4 Å². The van der Waals surface area contributed by atoms with Crippen molar-refractivity contribution in [3.63, 3.8) is 0 Å². The zero-order valence-corrected chi connectivity index (χ0v) is 14.6. The highest BCUT2D eigenvalue weighted by molar-refractivity contribution is 5.94. The van der Waals surface area contributed by atoms with Gasteiger partial charge in [0.25, 0.3) is 0 Å². The zero-order valence-electron chi connectivity index (χ0n) is 13.8. The molecule has 23 heavy (non-hydrogen) atoms. The second kappa shape index (κ2) is 8.31. The Bertz CT molecular complexity index is 539. The van der Waals surface area contributed by atoms with Gasteiger partial charge in [-0.2, -0.15) is 5.10 Å². The van der Waals surface area contributed by atoms with Crippen LogP contribution in [0.4, 0.5) is 5.69 Å². The zero-order chi connectivity index (χ0) is 16.2. The number of amides is 1. The molecule has 0 radical (unpaired) electrons. The number of piperidine rings is 1. The molecule has 1 aromatic rings. The van der Waals surface area contributed by atoms with Crippen molar-refractivity contribution in [2.45, 2.75) is 51.6 Å². The Morgan fingerprint density at radius 2 is 2.22 bits per heavy atom. The van der Waals surface area contributed by atoms with E-state index in [1.807, 2.05) is 0 Å². The lowest BCUT2D eigenvalue weighted by molar-refractivity contribution is -0.152. The van der Waals surface area contributed by atoms with Gasteiger partial charge in [0.05, 0.1) is 24.5 Å². The topological polar surface area (TPSA) is 85.2 Å². The van der Waals surface area contributed by atoms with Crippen LogP contribution in [0.15, 0.2) is 12.4 Å². The molecule has 1 aromatic heterocycles. The number of anilines is 1. The summed E-state index contributed by atoms with van der Waals surface area (Å²) in [5, 5.41) is 10.2. The van der Waals surface area contributed by atoms with E-state index in [9.17, 15) is 9.59 Å². The molecule has 2 N–H and O–H groups in total. The smallest absolute Gasteiger partial charge is 0.333 e. The van der Waals surface area contributed by atoms with E-state index in [1.54, 1.807) is 33.2 Å². The third kappa shape index (κ3) is 4.68. The molecule has 1 atom stereocenters. The molecular weight excluding hydrogens is 320 g/mol. The summed E-state index contributed by atoms with van der Waals surface area (Å²) < 4.78 is 6.56. The molecule has 1 amide bonds. The van der Waals surface area contributed by atoms with E-state index in [-0.39, 0.29) is 30.3 Å². The molecule has 130 valence electrons. The van der Waals surface area contributed by atoms with E-state index >= 15 is 0 Å². The minimum atomic E-state index is -0.915. The molecule has 1 aliphatic rings. The van der Waals surface area contributed by atoms with Gasteiger partial charge in [-0.25, -0.2) is 4.79 Å². The number of nitrogens with zero attached hydrogens (tertiary/aromatic N) is 2. The molecule has 2 rings (SSSR count). The predicted molar refractivity (Wildman–Crippen MR) is 89.7 cm³/mol. The Balaban J connectivity index is 0.00000264. The number of carbonyl (C=O) groups is 2. The van der Waals surface area contributed by atoms with Crippen LogP contribution < -0.4 is 10.6 Å². The molecule has 2 heterocycles. The van der Waals surface area contributed by atoms with Gasteiger partial charge in [0.15, 0.2) is 5.54 Å². The second-order valence-electron chi connectivity index (χ2n) is 5.94. The molecular formula is C15H25ClN4O3. The first kappa shape index (κ1) is 19.4. The van der Waals surface area contributed by atoms with Gasteiger partial charge in [-0.15, -0.1) is 12.4 Å². The molecule has 0 bridgehead atoms. The van der Waals surface area contributed by atoms with Crippen LogP contribution in [0, 0.1) is 0 Å². The van der Waals surface area contributed by atoms with Crippen LogP contribution in [0.5, 0.6) is 0 Å². The van der Waals surface area contributed by atoms with Crippen LogP contribution >= 0.6 is 12.4 Å². The third-order valence-electron chi connectivity index (χ3n) is 3.82. The van der Waals surface area contributed by atoms with Crippen molar-refractivity contribution in [2.24, 2.45) is 0 Å². The van der Waals surface area contributed by atoms with Crippen LogP contribution in [0.3, 0.4) is 0 Å². The molecule has 0 saturated carbocycles. The number of aromatic nitrogens is 2. The lowest BCUT2D eigenvalue weighted by Gasteiger charge is -2.23. The standard InChI is InChI=1S/C15H24N4O3.ClH/c1-4-22-14(21)15(2,3)19-10-11(9-17-19)18-13(20)12-7-5-6-8-16-12;/h9-10,12,16H,4-8H2,1-3H3,(H,18,20);1H. The van der Waals surface area contributed by atoms with E-state index in [4.69, 9.17) is 4.74 Å². The highest BCUT2D eigenvalue weighted by atomic mass is 35.5. The van der Waals surface area contributed by atoms with Gasteiger partial charge in [-0.3, -0.25) is 9.48 Å². The lowest BCUT2D eigenvalue weighted by atomic mass is 10.0. The maximum Gasteiger partial charge on any atom is 0.333 e. The van der Waals surface area contributed by atoms with Crippen molar-refractivity contribution in [2.75, 3.05) is 18.5 Å². The number of nitrogens with one attached hydrogen (secondary N) is 2. The fourth-order valence-electron chi connectivity index (χ4n) is 2.40. The van der Waals surface area contributed by atoms with Crippen molar-refractivity contribution < 1.29 is 14.3 Å². The number of esters is 1. The fraction of sp³-hybridized carbons (Fsp3) is 0.667. The maximum atomic E-state index is 12.2. The summed E-state index contributed by atoms with van der Waals surface area (Å²) in [6.07, 6.45) is 6.20. The number of ether oxygens (including phenoxy) is 1. The first-order valence-corrected chi connectivity index (χ1v) is 7.71. The van der Waals surface area contributed by atoms with Gasteiger partial charge in [0, 0.05) is 6.20 Å². The monoisotopic (exact) mass is 344 g/mol. The van der Waals surface area contributed by atoms with Gasteiger partial charge in [0.1, 0.15) is 0 Å². The quantitative estimate of drug-likeness (QED) is 0.794. The Morgan fingerprint density at radius 3 is 2.83 bits per heavy atom. The third-order valence-corrected chi connectivity index (χ3v) is 3.82. The summed E-state index contributed by atoms with van der Waals surface area (Å²) in [5.74, 6) is -0.418. The minimum absolute atomic E-state index is 0. The van der Waals surface area contributed by atoms with Crippen LogP contribution in [0.25, 0.3) is 0 Å². The Morgan fingerprint density at radius 1 is 1.48 bits per heavy atom. The number of halogens is 1. The van der Waals surface area contributed by atoms with Crippen LogP contribution in [-0.2, 0) is 19.9 Å². The SMILES string of the molecule is CCOC(=O)C(C)(C)n1cc(NC(=O)C2CCCCN2)cn1.Cl. The van der Waals surface area contributed by atoms with E-state index in [1.165, 1.54) is 4.68 Å². The minimum Gasteiger partial charge on any atom is -0.464 e. The molecule has 0 aromatic carbocycles. The molecule has 1 unspecified atom stereocenters. The first-order valence-electron chi connectivity index (χ1n) is 7.71. The second-order valence-corrected chi connectivity index (χ2v) is 5.94. The average molecular weight is 345 g/mol. The highest BCUT2D eigenvalue weighted by Crippen LogP contribution is 2.19. The molecule has 7 nitrogen and oxygen atoms in total. The largest absolute Gasteiger partial charge is 0.464 e. The average Bonchev–Trinajstić information content (AvgIpc) is 2.97. The van der Waals surface area contributed by atoms with E-state index in [0.29, 0.717) is 12.3 Å². The molecule has 8 heteroatoms. The van der Waals surface area contributed by atoms with Crippen LogP contribution in [-0.4, -0.2) is 40.9 Å². The summed E-state index contributed by atoms with van der Waals surface area (Å²) in [5.41, 5.74) is -0.336. The Hall–Kier alpha value is -1.60. The van der Waals surface area contributed by atoms with Gasteiger partial charge >= 0.3 is 5.97 Å². The summed E-state index contributed by atoms with van der Waals surface area (Å²) in [6, 6.07) is -0.157. The summed E-state index contributed by atoms with van der Waals surface area (Å²) in [4.78, 5) is 24.1. The Labute approximate surface area is 142 Å². The van der Waals surface area contributed by atoms with Gasteiger partial charge in [-0.05, 0) is 40.2 Å². The number of hydrogen-bond acceptors (Lipinski definition) is 5. The molecule has 1 aliphatic heterocycles. The van der Waals surface area contributed by atoms with E-state index < -0.39 is 5.54 Å². The van der Waals surface area contributed by atoms with Crippen molar-refractivity contribution in [3.8, 4) is 0 Å². The van der Waals surface area contributed by atoms with Gasteiger partial charge in [-0.1, -0.05) is 6.42 Å². The summed E-state index contributed by atoms with van der Waals surface area (Å²) in [7, 11) is 0. The normalized spacial score (nSPS) is 18.0. The Kier molecular flexibility index (Phi) is 7.02. The van der Waals surface area contributed by atoms with Gasteiger partial charge < -0.3 is 15.4 Å².